The van der Waals surface area contributed by atoms with Crippen molar-refractivity contribution in [2.24, 2.45) is 0 Å². The molecule has 0 spiro atoms. The molecule has 3 heterocycles. The van der Waals surface area contributed by atoms with Gasteiger partial charge in [0.05, 0.1) is 22.6 Å². The normalized spacial score (nSPS) is 20.7. The van der Waals surface area contributed by atoms with Gasteiger partial charge in [-0.3, -0.25) is 14.5 Å². The van der Waals surface area contributed by atoms with Crippen molar-refractivity contribution in [3.05, 3.63) is 52.2 Å². The molecule has 138 valence electrons. The van der Waals surface area contributed by atoms with E-state index in [1.165, 1.54) is 11.3 Å². The van der Waals surface area contributed by atoms with Crippen LogP contribution in [0, 0.1) is 11.3 Å². The van der Waals surface area contributed by atoms with Crippen molar-refractivity contribution in [1.82, 2.24) is 9.80 Å². The number of thiophene rings is 1. The second-order valence-electron chi connectivity index (χ2n) is 6.76. The smallest absolute Gasteiger partial charge is 0.264 e. The first-order valence-electron chi connectivity index (χ1n) is 9.06. The summed E-state index contributed by atoms with van der Waals surface area (Å²) < 4.78 is 0. The van der Waals surface area contributed by atoms with Crippen LogP contribution in [0.15, 0.2) is 41.8 Å². The van der Waals surface area contributed by atoms with Crippen LogP contribution in [0.5, 0.6) is 0 Å². The summed E-state index contributed by atoms with van der Waals surface area (Å²) in [6.45, 7) is 3.42. The van der Waals surface area contributed by atoms with E-state index in [9.17, 15) is 9.59 Å². The molecule has 2 aliphatic rings. The number of anilines is 1. The maximum absolute atomic E-state index is 12.9. The summed E-state index contributed by atoms with van der Waals surface area (Å²) in [5.41, 5.74) is 1.43. The van der Waals surface area contributed by atoms with Gasteiger partial charge in [-0.2, -0.15) is 5.26 Å². The Morgan fingerprint density at radius 2 is 1.81 bits per heavy atom. The third-order valence-corrected chi connectivity index (χ3v) is 6.12. The van der Waals surface area contributed by atoms with Crippen molar-refractivity contribution in [2.45, 2.75) is 12.5 Å². The second kappa shape index (κ2) is 7.51. The number of nitrogens with zero attached hydrogens (tertiary/aromatic N) is 4. The van der Waals surface area contributed by atoms with Gasteiger partial charge in [-0.1, -0.05) is 6.07 Å². The first-order chi connectivity index (χ1) is 13.2. The zero-order chi connectivity index (χ0) is 18.8. The molecule has 2 saturated heterocycles. The van der Waals surface area contributed by atoms with Crippen LogP contribution in [0.25, 0.3) is 0 Å². The minimum absolute atomic E-state index is 0.0848. The molecule has 1 atom stereocenters. The van der Waals surface area contributed by atoms with Crippen molar-refractivity contribution in [1.29, 1.82) is 5.26 Å². The number of piperazine rings is 1. The molecule has 1 unspecified atom stereocenters. The minimum atomic E-state index is -0.125. The topological polar surface area (TPSA) is 67.7 Å². The Labute approximate surface area is 162 Å². The zero-order valence-electron chi connectivity index (χ0n) is 14.9. The fraction of sp³-hybridized carbons (Fsp3) is 0.350. The SMILES string of the molecule is N#Cc1ccc(N2CCC(N3CCN(C(=O)c4cccs4)CC3)C2=O)cc1. The molecule has 0 radical (unpaired) electrons. The van der Waals surface area contributed by atoms with Gasteiger partial charge in [-0.25, -0.2) is 0 Å². The van der Waals surface area contributed by atoms with E-state index in [1.807, 2.05) is 34.5 Å². The number of amides is 2. The third-order valence-electron chi connectivity index (χ3n) is 5.26. The van der Waals surface area contributed by atoms with E-state index in [2.05, 4.69) is 11.0 Å². The number of hydrogen-bond donors (Lipinski definition) is 0. The number of carbonyl (C=O) groups excluding carboxylic acids is 2. The predicted molar refractivity (Wildman–Crippen MR) is 104 cm³/mol. The summed E-state index contributed by atoms with van der Waals surface area (Å²) in [5, 5.41) is 10.8. The molecular weight excluding hydrogens is 360 g/mol. The van der Waals surface area contributed by atoms with Crippen molar-refractivity contribution in [3.63, 3.8) is 0 Å². The number of hydrogen-bond acceptors (Lipinski definition) is 5. The Morgan fingerprint density at radius 1 is 1.07 bits per heavy atom. The zero-order valence-corrected chi connectivity index (χ0v) is 15.7. The summed E-state index contributed by atoms with van der Waals surface area (Å²) in [6.07, 6.45) is 0.789. The van der Waals surface area contributed by atoms with E-state index < -0.39 is 0 Å². The van der Waals surface area contributed by atoms with Crippen LogP contribution in [0.4, 0.5) is 5.69 Å². The van der Waals surface area contributed by atoms with Gasteiger partial charge in [-0.15, -0.1) is 11.3 Å². The van der Waals surface area contributed by atoms with Gasteiger partial charge in [0.2, 0.25) is 5.91 Å². The van der Waals surface area contributed by atoms with E-state index in [-0.39, 0.29) is 17.9 Å². The van der Waals surface area contributed by atoms with E-state index in [0.717, 1.165) is 17.0 Å². The van der Waals surface area contributed by atoms with Gasteiger partial charge in [0.25, 0.3) is 5.91 Å². The fourth-order valence-electron chi connectivity index (χ4n) is 3.77. The molecule has 4 rings (SSSR count). The maximum atomic E-state index is 12.9. The second-order valence-corrected chi connectivity index (χ2v) is 7.71. The monoisotopic (exact) mass is 380 g/mol. The minimum Gasteiger partial charge on any atom is -0.335 e. The van der Waals surface area contributed by atoms with Crippen LogP contribution in [-0.2, 0) is 4.79 Å². The Bertz CT molecular complexity index is 864. The average Bonchev–Trinajstić information content (AvgIpc) is 3.38. The van der Waals surface area contributed by atoms with E-state index in [1.54, 1.807) is 17.0 Å². The Kier molecular flexibility index (Phi) is 4.92. The molecule has 6 nitrogen and oxygen atoms in total. The molecule has 0 aliphatic carbocycles. The predicted octanol–water partition coefficient (Wildman–Crippen LogP) is 2.18. The third kappa shape index (κ3) is 3.46. The van der Waals surface area contributed by atoms with Crippen LogP contribution >= 0.6 is 11.3 Å². The molecule has 7 heteroatoms. The molecule has 0 bridgehead atoms. The number of rotatable bonds is 3. The van der Waals surface area contributed by atoms with Crippen molar-refractivity contribution >= 4 is 28.8 Å². The molecule has 2 aromatic rings. The quantitative estimate of drug-likeness (QED) is 0.819. The standard InChI is InChI=1S/C20H20N4O2S/c21-14-15-3-5-16(6-4-15)24-8-7-17(19(24)25)22-9-11-23(12-10-22)20(26)18-2-1-13-27-18/h1-6,13,17H,7-12H2. The van der Waals surface area contributed by atoms with E-state index in [4.69, 9.17) is 5.26 Å². The Morgan fingerprint density at radius 3 is 2.44 bits per heavy atom. The summed E-state index contributed by atoms with van der Waals surface area (Å²) in [6, 6.07) is 12.9. The largest absolute Gasteiger partial charge is 0.335 e. The Hall–Kier alpha value is -2.69. The number of carbonyl (C=O) groups is 2. The van der Waals surface area contributed by atoms with Gasteiger partial charge >= 0.3 is 0 Å². The van der Waals surface area contributed by atoms with Crippen LogP contribution in [0.2, 0.25) is 0 Å². The molecule has 27 heavy (non-hydrogen) atoms. The molecule has 0 saturated carbocycles. The van der Waals surface area contributed by atoms with Gasteiger partial charge in [0.15, 0.2) is 0 Å². The molecule has 2 aliphatic heterocycles. The lowest BCUT2D eigenvalue weighted by atomic mass is 10.1. The first-order valence-corrected chi connectivity index (χ1v) is 9.94. The molecule has 1 aromatic carbocycles. The number of benzene rings is 1. The molecule has 2 amide bonds. The summed E-state index contributed by atoms with van der Waals surface area (Å²) in [5.74, 6) is 0.194. The molecule has 1 aromatic heterocycles. The lowest BCUT2D eigenvalue weighted by molar-refractivity contribution is -0.122. The highest BCUT2D eigenvalue weighted by Gasteiger charge is 2.38. The van der Waals surface area contributed by atoms with Gasteiger partial charge in [0.1, 0.15) is 0 Å². The molecular formula is C20H20N4O2S. The van der Waals surface area contributed by atoms with E-state index in [0.29, 0.717) is 38.3 Å². The van der Waals surface area contributed by atoms with Crippen molar-refractivity contribution < 1.29 is 9.59 Å². The van der Waals surface area contributed by atoms with Crippen LogP contribution < -0.4 is 4.90 Å². The highest BCUT2D eigenvalue weighted by molar-refractivity contribution is 7.12. The highest BCUT2D eigenvalue weighted by atomic mass is 32.1. The van der Waals surface area contributed by atoms with Gasteiger partial charge < -0.3 is 9.80 Å². The van der Waals surface area contributed by atoms with Gasteiger partial charge in [0, 0.05) is 38.4 Å². The van der Waals surface area contributed by atoms with Crippen LogP contribution in [0.3, 0.4) is 0 Å². The first kappa shape index (κ1) is 17.7. The number of nitriles is 1. The summed E-state index contributed by atoms with van der Waals surface area (Å²) >= 11 is 1.47. The molecule has 0 N–H and O–H groups in total. The maximum Gasteiger partial charge on any atom is 0.264 e. The summed E-state index contributed by atoms with van der Waals surface area (Å²) in [4.78, 5) is 32.0. The van der Waals surface area contributed by atoms with Crippen LogP contribution in [-0.4, -0.2) is 60.4 Å². The average molecular weight is 380 g/mol. The lowest BCUT2D eigenvalue weighted by Gasteiger charge is -2.37. The highest BCUT2D eigenvalue weighted by Crippen LogP contribution is 2.26. The van der Waals surface area contributed by atoms with Gasteiger partial charge in [-0.05, 0) is 42.1 Å². The van der Waals surface area contributed by atoms with Crippen molar-refractivity contribution in [3.8, 4) is 6.07 Å². The fourth-order valence-corrected chi connectivity index (χ4v) is 4.46. The summed E-state index contributed by atoms with van der Waals surface area (Å²) in [7, 11) is 0. The lowest BCUT2D eigenvalue weighted by Crippen LogP contribution is -2.53. The molecule has 2 fully saturated rings. The van der Waals surface area contributed by atoms with Crippen molar-refractivity contribution in [2.75, 3.05) is 37.6 Å². The van der Waals surface area contributed by atoms with E-state index >= 15 is 0 Å². The Balaban J connectivity index is 1.37. The van der Waals surface area contributed by atoms with Crippen LogP contribution in [0.1, 0.15) is 21.7 Å².